The van der Waals surface area contributed by atoms with Gasteiger partial charge in [0.2, 0.25) is 0 Å². The Morgan fingerprint density at radius 2 is 2.00 bits per heavy atom. The largest absolute Gasteiger partial charge is 0.375 e. The number of sulfone groups is 1. The predicted molar refractivity (Wildman–Crippen MR) is 115 cm³/mol. The van der Waals surface area contributed by atoms with E-state index in [0.717, 1.165) is 44.9 Å². The van der Waals surface area contributed by atoms with Gasteiger partial charge in [0.15, 0.2) is 9.84 Å². The van der Waals surface area contributed by atoms with Gasteiger partial charge in [0.05, 0.1) is 17.1 Å². The third-order valence-electron chi connectivity index (χ3n) is 6.27. The van der Waals surface area contributed by atoms with Crippen LogP contribution in [0, 0.1) is 11.8 Å². The highest BCUT2D eigenvalue weighted by Crippen LogP contribution is 2.30. The van der Waals surface area contributed by atoms with E-state index >= 15 is 0 Å². The van der Waals surface area contributed by atoms with E-state index in [-0.39, 0.29) is 5.60 Å². The lowest BCUT2D eigenvalue weighted by Gasteiger charge is -2.46. The average Bonchev–Trinajstić information content (AvgIpc) is 2.63. The van der Waals surface area contributed by atoms with E-state index in [1.807, 2.05) is 18.2 Å². The van der Waals surface area contributed by atoms with Gasteiger partial charge in [-0.2, -0.15) is 0 Å². The summed E-state index contributed by atoms with van der Waals surface area (Å²) in [6.45, 7) is 13.8. The second-order valence-electron chi connectivity index (χ2n) is 9.50. The van der Waals surface area contributed by atoms with Crippen molar-refractivity contribution in [2.75, 3.05) is 43.9 Å². The molecule has 0 N–H and O–H groups in total. The molecule has 2 saturated heterocycles. The number of benzene rings is 1. The molecule has 1 aromatic carbocycles. The molecular formula is C22H36N2O3S. The van der Waals surface area contributed by atoms with Gasteiger partial charge in [-0.25, -0.2) is 8.42 Å². The molecule has 2 fully saturated rings. The number of nitrogens with zero attached hydrogens (tertiary/aromatic N) is 2. The van der Waals surface area contributed by atoms with Crippen LogP contribution in [-0.4, -0.2) is 64.0 Å². The summed E-state index contributed by atoms with van der Waals surface area (Å²) < 4.78 is 29.9. The zero-order valence-electron chi connectivity index (χ0n) is 18.0. The second kappa shape index (κ2) is 8.33. The fraction of sp³-hybridized carbons (Fsp3) is 0.727. The summed E-state index contributed by atoms with van der Waals surface area (Å²) in [6, 6.07) is 7.84. The first-order valence-corrected chi connectivity index (χ1v) is 12.4. The molecule has 0 radical (unpaired) electrons. The maximum atomic E-state index is 11.9. The lowest BCUT2D eigenvalue weighted by atomic mass is 9.90. The third-order valence-corrected chi connectivity index (χ3v) is 7.38. The van der Waals surface area contributed by atoms with E-state index in [9.17, 15) is 8.42 Å². The maximum absolute atomic E-state index is 11.9. The van der Waals surface area contributed by atoms with Crippen LogP contribution in [0.2, 0.25) is 0 Å². The standard InChI is InChI=1S/C22H36N2O3S/c1-17(2)21-15-23(19-7-6-8-20(13-19)28(5,25)26)11-12-24(21)14-18-9-10-22(3,4)27-16-18/h6-8,13,17-18,21H,9-12,14-16H2,1-5H3/t18?,21-/m1/s1. The molecule has 28 heavy (non-hydrogen) atoms. The number of ether oxygens (including phenoxy) is 1. The summed E-state index contributed by atoms with van der Waals surface area (Å²) in [6.07, 6.45) is 3.63. The van der Waals surface area contributed by atoms with Crippen LogP contribution in [0.4, 0.5) is 5.69 Å². The summed E-state index contributed by atoms with van der Waals surface area (Å²) in [5, 5.41) is 0. The number of hydrogen-bond acceptors (Lipinski definition) is 5. The maximum Gasteiger partial charge on any atom is 0.175 e. The number of hydrogen-bond donors (Lipinski definition) is 0. The summed E-state index contributed by atoms with van der Waals surface area (Å²) >= 11 is 0. The zero-order chi connectivity index (χ0) is 20.5. The van der Waals surface area contributed by atoms with Crippen LogP contribution in [0.1, 0.15) is 40.5 Å². The van der Waals surface area contributed by atoms with Gasteiger partial charge in [-0.1, -0.05) is 19.9 Å². The highest BCUT2D eigenvalue weighted by Gasteiger charge is 2.34. The van der Waals surface area contributed by atoms with E-state index < -0.39 is 9.84 Å². The first kappa shape index (κ1) is 21.6. The molecule has 0 amide bonds. The minimum Gasteiger partial charge on any atom is -0.375 e. The van der Waals surface area contributed by atoms with Crippen molar-refractivity contribution in [3.05, 3.63) is 24.3 Å². The molecule has 2 atom stereocenters. The van der Waals surface area contributed by atoms with Gasteiger partial charge >= 0.3 is 0 Å². The molecular weight excluding hydrogens is 372 g/mol. The molecule has 2 aliphatic heterocycles. The van der Waals surface area contributed by atoms with Gasteiger partial charge in [-0.15, -0.1) is 0 Å². The Morgan fingerprint density at radius 1 is 1.25 bits per heavy atom. The van der Waals surface area contributed by atoms with Crippen LogP contribution >= 0.6 is 0 Å². The molecule has 6 heteroatoms. The van der Waals surface area contributed by atoms with Crippen molar-refractivity contribution >= 4 is 15.5 Å². The Bertz CT molecular complexity index is 766. The van der Waals surface area contributed by atoms with Crippen LogP contribution in [-0.2, 0) is 14.6 Å². The van der Waals surface area contributed by atoms with Crippen molar-refractivity contribution in [1.29, 1.82) is 0 Å². The van der Waals surface area contributed by atoms with E-state index in [2.05, 4.69) is 37.5 Å². The lowest BCUT2D eigenvalue weighted by molar-refractivity contribution is -0.0845. The Hall–Kier alpha value is -1.11. The molecule has 0 spiro atoms. The molecule has 3 rings (SSSR count). The summed E-state index contributed by atoms with van der Waals surface area (Å²) in [4.78, 5) is 5.38. The summed E-state index contributed by atoms with van der Waals surface area (Å²) in [5.41, 5.74) is 1.04. The quantitative estimate of drug-likeness (QED) is 0.747. The Kier molecular flexibility index (Phi) is 6.42. The van der Waals surface area contributed by atoms with Crippen LogP contribution in [0.15, 0.2) is 29.2 Å². The van der Waals surface area contributed by atoms with Crippen molar-refractivity contribution in [3.8, 4) is 0 Å². The first-order valence-electron chi connectivity index (χ1n) is 10.5. The Labute approximate surface area is 171 Å². The molecule has 1 unspecified atom stereocenters. The molecule has 5 nitrogen and oxygen atoms in total. The van der Waals surface area contributed by atoms with Gasteiger partial charge in [0, 0.05) is 44.2 Å². The van der Waals surface area contributed by atoms with Crippen molar-refractivity contribution < 1.29 is 13.2 Å². The topological polar surface area (TPSA) is 49.9 Å². The number of rotatable bonds is 5. The summed E-state index contributed by atoms with van der Waals surface area (Å²) in [5.74, 6) is 1.15. The Balaban J connectivity index is 1.68. The van der Waals surface area contributed by atoms with Gasteiger partial charge in [-0.05, 0) is 56.7 Å². The van der Waals surface area contributed by atoms with Crippen molar-refractivity contribution in [2.45, 2.75) is 57.1 Å². The van der Waals surface area contributed by atoms with Crippen molar-refractivity contribution in [2.24, 2.45) is 11.8 Å². The lowest BCUT2D eigenvalue weighted by Crippen LogP contribution is -2.57. The average molecular weight is 409 g/mol. The molecule has 2 aliphatic rings. The highest BCUT2D eigenvalue weighted by molar-refractivity contribution is 7.90. The van der Waals surface area contributed by atoms with Crippen LogP contribution < -0.4 is 4.90 Å². The second-order valence-corrected chi connectivity index (χ2v) is 11.5. The minimum atomic E-state index is -3.18. The van der Waals surface area contributed by atoms with E-state index in [0.29, 0.717) is 22.8 Å². The zero-order valence-corrected chi connectivity index (χ0v) is 18.8. The van der Waals surface area contributed by atoms with Crippen molar-refractivity contribution in [1.82, 2.24) is 4.90 Å². The van der Waals surface area contributed by atoms with Crippen LogP contribution in [0.5, 0.6) is 0 Å². The van der Waals surface area contributed by atoms with Gasteiger partial charge in [0.1, 0.15) is 0 Å². The number of piperazine rings is 1. The molecule has 0 aliphatic carbocycles. The first-order chi connectivity index (χ1) is 13.0. The SMILES string of the molecule is CC(C)[C@H]1CN(c2cccc(S(C)(=O)=O)c2)CCN1CC1CCC(C)(C)OC1. The van der Waals surface area contributed by atoms with Gasteiger partial charge < -0.3 is 9.64 Å². The smallest absolute Gasteiger partial charge is 0.175 e. The summed E-state index contributed by atoms with van der Waals surface area (Å²) in [7, 11) is -3.18. The molecule has 158 valence electrons. The fourth-order valence-corrected chi connectivity index (χ4v) is 5.04. The Morgan fingerprint density at radius 3 is 2.61 bits per heavy atom. The molecule has 0 bridgehead atoms. The van der Waals surface area contributed by atoms with E-state index in [4.69, 9.17) is 4.74 Å². The molecule has 2 heterocycles. The van der Waals surface area contributed by atoms with Crippen molar-refractivity contribution in [3.63, 3.8) is 0 Å². The third kappa shape index (κ3) is 5.28. The normalized spacial score (nSPS) is 26.6. The highest BCUT2D eigenvalue weighted by atomic mass is 32.2. The van der Waals surface area contributed by atoms with Crippen LogP contribution in [0.25, 0.3) is 0 Å². The van der Waals surface area contributed by atoms with E-state index in [1.54, 1.807) is 6.07 Å². The van der Waals surface area contributed by atoms with Gasteiger partial charge in [-0.3, -0.25) is 4.90 Å². The minimum absolute atomic E-state index is 0.0251. The van der Waals surface area contributed by atoms with E-state index in [1.165, 1.54) is 12.7 Å². The van der Waals surface area contributed by atoms with Crippen LogP contribution in [0.3, 0.4) is 0 Å². The molecule has 0 saturated carbocycles. The fourth-order valence-electron chi connectivity index (χ4n) is 4.38. The van der Waals surface area contributed by atoms with Gasteiger partial charge in [0.25, 0.3) is 0 Å². The molecule has 0 aromatic heterocycles. The predicted octanol–water partition coefficient (Wildman–Crippen LogP) is 3.44. The molecule has 1 aromatic rings. The number of anilines is 1. The monoisotopic (exact) mass is 408 g/mol.